The van der Waals surface area contributed by atoms with E-state index >= 15 is 0 Å². The van der Waals surface area contributed by atoms with Crippen LogP contribution in [0.15, 0.2) is 36.5 Å². The molecule has 1 aromatic carbocycles. The SMILES string of the molecule is N#Cc1ccc(N2C3CCC2CN(C(=O)CCNCc2ccc(F)c(F)c2)C3)nc1. The van der Waals surface area contributed by atoms with E-state index in [0.29, 0.717) is 43.7 Å². The predicted molar refractivity (Wildman–Crippen MR) is 108 cm³/mol. The number of aromatic nitrogens is 1. The van der Waals surface area contributed by atoms with Crippen LogP contribution in [0, 0.1) is 23.0 Å². The molecule has 0 radical (unpaired) electrons. The van der Waals surface area contributed by atoms with Gasteiger partial charge >= 0.3 is 0 Å². The van der Waals surface area contributed by atoms with E-state index in [1.54, 1.807) is 12.3 Å². The van der Waals surface area contributed by atoms with Crippen molar-refractivity contribution < 1.29 is 13.6 Å². The number of hydrogen-bond acceptors (Lipinski definition) is 5. The van der Waals surface area contributed by atoms with Crippen molar-refractivity contribution in [2.75, 3.05) is 24.5 Å². The van der Waals surface area contributed by atoms with Gasteiger partial charge in [-0.1, -0.05) is 6.07 Å². The maximum Gasteiger partial charge on any atom is 0.223 e. The summed E-state index contributed by atoms with van der Waals surface area (Å²) >= 11 is 0. The molecule has 2 unspecified atom stereocenters. The van der Waals surface area contributed by atoms with E-state index in [0.717, 1.165) is 30.8 Å². The number of pyridine rings is 1. The zero-order chi connectivity index (χ0) is 21.1. The number of likely N-dealkylation sites (tertiary alicyclic amines) is 1. The van der Waals surface area contributed by atoms with E-state index in [-0.39, 0.29) is 18.0 Å². The molecule has 1 N–H and O–H groups in total. The van der Waals surface area contributed by atoms with Crippen molar-refractivity contribution >= 4 is 11.7 Å². The number of hydrogen-bond donors (Lipinski definition) is 1. The molecule has 2 aromatic rings. The van der Waals surface area contributed by atoms with Crippen molar-refractivity contribution in [1.29, 1.82) is 5.26 Å². The predicted octanol–water partition coefficient (Wildman–Crippen LogP) is 2.59. The van der Waals surface area contributed by atoms with Gasteiger partial charge in [-0.15, -0.1) is 0 Å². The van der Waals surface area contributed by atoms with Gasteiger partial charge in [0.25, 0.3) is 0 Å². The number of rotatable bonds is 6. The number of nitrogens with zero attached hydrogens (tertiary/aromatic N) is 4. The van der Waals surface area contributed by atoms with Crippen molar-refractivity contribution in [2.24, 2.45) is 0 Å². The Morgan fingerprint density at radius 2 is 1.93 bits per heavy atom. The van der Waals surface area contributed by atoms with Crippen molar-refractivity contribution in [2.45, 2.75) is 37.9 Å². The number of fused-ring (bicyclic) bond motifs is 2. The Kier molecular flexibility index (Phi) is 5.91. The lowest BCUT2D eigenvalue weighted by Crippen LogP contribution is -2.56. The molecule has 2 saturated heterocycles. The number of carbonyl (C=O) groups excluding carboxylic acids is 1. The quantitative estimate of drug-likeness (QED) is 0.740. The van der Waals surface area contributed by atoms with E-state index in [4.69, 9.17) is 5.26 Å². The van der Waals surface area contributed by atoms with Crippen molar-refractivity contribution in [3.8, 4) is 6.07 Å². The topological polar surface area (TPSA) is 72.3 Å². The maximum atomic E-state index is 13.2. The molecule has 3 heterocycles. The van der Waals surface area contributed by atoms with Gasteiger partial charge in [0.05, 0.1) is 5.56 Å². The first-order chi connectivity index (χ1) is 14.5. The normalized spacial score (nSPS) is 20.3. The van der Waals surface area contributed by atoms with Gasteiger partial charge in [0.2, 0.25) is 5.91 Å². The molecule has 0 aliphatic carbocycles. The number of halogens is 2. The third-order valence-electron chi connectivity index (χ3n) is 5.81. The van der Waals surface area contributed by atoms with Gasteiger partial charge in [-0.25, -0.2) is 13.8 Å². The Bertz CT molecular complexity index is 945. The zero-order valence-electron chi connectivity index (χ0n) is 16.5. The van der Waals surface area contributed by atoms with Gasteiger partial charge in [0.15, 0.2) is 11.6 Å². The summed E-state index contributed by atoms with van der Waals surface area (Å²) in [6.45, 7) is 2.19. The molecule has 6 nitrogen and oxygen atoms in total. The van der Waals surface area contributed by atoms with Gasteiger partial charge in [-0.3, -0.25) is 4.79 Å². The zero-order valence-corrected chi connectivity index (χ0v) is 16.5. The third kappa shape index (κ3) is 4.26. The average Bonchev–Trinajstić information content (AvgIpc) is 3.02. The molecular formula is C22H23F2N5O. The molecule has 2 fully saturated rings. The molecule has 2 aliphatic rings. The number of nitriles is 1. The number of benzene rings is 1. The first-order valence-corrected chi connectivity index (χ1v) is 10.1. The average molecular weight is 411 g/mol. The maximum absolute atomic E-state index is 13.2. The molecule has 0 spiro atoms. The Balaban J connectivity index is 1.27. The highest BCUT2D eigenvalue weighted by molar-refractivity contribution is 5.77. The number of piperazine rings is 1. The minimum atomic E-state index is -0.865. The Morgan fingerprint density at radius 3 is 2.57 bits per heavy atom. The number of carbonyl (C=O) groups is 1. The molecule has 8 heteroatoms. The fourth-order valence-corrected chi connectivity index (χ4v) is 4.32. The lowest BCUT2D eigenvalue weighted by Gasteiger charge is -2.41. The van der Waals surface area contributed by atoms with Crippen LogP contribution in [0.25, 0.3) is 0 Å². The summed E-state index contributed by atoms with van der Waals surface area (Å²) in [5, 5.41) is 12.1. The molecule has 30 heavy (non-hydrogen) atoms. The van der Waals surface area contributed by atoms with Crippen LogP contribution in [0.5, 0.6) is 0 Å². The van der Waals surface area contributed by atoms with Gasteiger partial charge in [0, 0.05) is 50.9 Å². The van der Waals surface area contributed by atoms with Gasteiger partial charge in [-0.2, -0.15) is 5.26 Å². The number of anilines is 1. The van der Waals surface area contributed by atoms with Crippen LogP contribution >= 0.6 is 0 Å². The molecule has 1 amide bonds. The van der Waals surface area contributed by atoms with Crippen LogP contribution in [-0.2, 0) is 11.3 Å². The van der Waals surface area contributed by atoms with E-state index in [2.05, 4.69) is 21.3 Å². The monoisotopic (exact) mass is 411 g/mol. The fraction of sp³-hybridized carbons (Fsp3) is 0.409. The second-order valence-electron chi connectivity index (χ2n) is 7.78. The molecule has 2 aliphatic heterocycles. The second kappa shape index (κ2) is 8.76. The van der Waals surface area contributed by atoms with E-state index in [9.17, 15) is 13.6 Å². The summed E-state index contributed by atoms with van der Waals surface area (Å²) in [6.07, 6.45) is 3.98. The van der Waals surface area contributed by atoms with E-state index in [1.807, 2.05) is 11.0 Å². The largest absolute Gasteiger partial charge is 0.347 e. The van der Waals surface area contributed by atoms with Gasteiger partial charge in [-0.05, 0) is 42.7 Å². The van der Waals surface area contributed by atoms with E-state index in [1.165, 1.54) is 6.07 Å². The molecule has 2 atom stereocenters. The third-order valence-corrected chi connectivity index (χ3v) is 5.81. The van der Waals surface area contributed by atoms with Crippen LogP contribution in [0.2, 0.25) is 0 Å². The van der Waals surface area contributed by atoms with Crippen molar-refractivity contribution in [1.82, 2.24) is 15.2 Å². The van der Waals surface area contributed by atoms with Crippen LogP contribution in [0.4, 0.5) is 14.6 Å². The van der Waals surface area contributed by atoms with Gasteiger partial charge < -0.3 is 15.1 Å². The van der Waals surface area contributed by atoms with Crippen LogP contribution in [0.1, 0.15) is 30.4 Å². The number of nitrogens with one attached hydrogen (secondary N) is 1. The van der Waals surface area contributed by atoms with Crippen LogP contribution in [-0.4, -0.2) is 47.5 Å². The first kappa shape index (κ1) is 20.2. The summed E-state index contributed by atoms with van der Waals surface area (Å²) in [4.78, 5) is 21.3. The highest BCUT2D eigenvalue weighted by Gasteiger charge is 2.41. The summed E-state index contributed by atoms with van der Waals surface area (Å²) < 4.78 is 26.2. The summed E-state index contributed by atoms with van der Waals surface area (Å²) in [7, 11) is 0. The number of amides is 1. The summed E-state index contributed by atoms with van der Waals surface area (Å²) in [5.74, 6) is -0.770. The Morgan fingerprint density at radius 1 is 1.17 bits per heavy atom. The Hall–Kier alpha value is -3.05. The first-order valence-electron chi connectivity index (χ1n) is 10.1. The molecule has 1 aromatic heterocycles. The fourth-order valence-electron chi connectivity index (χ4n) is 4.32. The molecular weight excluding hydrogens is 388 g/mol. The highest BCUT2D eigenvalue weighted by Crippen LogP contribution is 2.34. The second-order valence-corrected chi connectivity index (χ2v) is 7.78. The molecule has 2 bridgehead atoms. The van der Waals surface area contributed by atoms with Gasteiger partial charge in [0.1, 0.15) is 11.9 Å². The summed E-state index contributed by atoms with van der Waals surface area (Å²) in [5.41, 5.74) is 1.18. The summed E-state index contributed by atoms with van der Waals surface area (Å²) in [6, 6.07) is 10.0. The molecule has 156 valence electrons. The molecule has 4 rings (SSSR count). The minimum absolute atomic E-state index is 0.0946. The lowest BCUT2D eigenvalue weighted by molar-refractivity contribution is -0.132. The molecule has 0 saturated carbocycles. The lowest BCUT2D eigenvalue weighted by atomic mass is 10.1. The smallest absolute Gasteiger partial charge is 0.223 e. The van der Waals surface area contributed by atoms with E-state index < -0.39 is 11.6 Å². The Labute approximate surface area is 174 Å². The standard InChI is InChI=1S/C22H23F2N5O/c23-19-5-1-15(9-20(19)24)11-26-8-7-22(30)28-13-17-3-4-18(14-28)29(17)21-6-2-16(10-25)12-27-21/h1-2,5-6,9,12,17-18,26H,3-4,7-8,11,13-14H2. The minimum Gasteiger partial charge on any atom is -0.347 e. The van der Waals surface area contributed by atoms with Crippen molar-refractivity contribution in [3.05, 3.63) is 59.3 Å². The highest BCUT2D eigenvalue weighted by atomic mass is 19.2. The van der Waals surface area contributed by atoms with Crippen LogP contribution in [0.3, 0.4) is 0 Å². The van der Waals surface area contributed by atoms with Crippen LogP contribution < -0.4 is 10.2 Å². The van der Waals surface area contributed by atoms with Crippen molar-refractivity contribution in [3.63, 3.8) is 0 Å².